The Morgan fingerprint density at radius 1 is 0.705 bits per heavy atom. The van der Waals surface area contributed by atoms with Gasteiger partial charge in [0.15, 0.2) is 0 Å². The molecular weight excluding hydrogens is 733 g/mol. The molecule has 0 aliphatic carbocycles. The van der Waals surface area contributed by atoms with E-state index in [4.69, 9.17) is 4.42 Å². The molecule has 7 rings (SSSR count). The largest absolute Gasteiger partial charge is 0.501 e. The van der Waals surface area contributed by atoms with Gasteiger partial charge in [0.05, 0.1) is 13.7 Å². The average molecular weight is 767 g/mol. The summed E-state index contributed by atoms with van der Waals surface area (Å²) in [6.07, 6.45) is 3.85. The third kappa shape index (κ3) is 6.66. The van der Waals surface area contributed by atoms with Crippen molar-refractivity contribution in [2.75, 3.05) is 0 Å². The molecule has 0 bridgehead atoms. The van der Waals surface area contributed by atoms with E-state index in [1.165, 1.54) is 27.4 Å². The molecular formula is C39H34IrN2OSi-2. The van der Waals surface area contributed by atoms with Crippen LogP contribution in [0.5, 0.6) is 0 Å². The van der Waals surface area contributed by atoms with E-state index in [0.29, 0.717) is 0 Å². The van der Waals surface area contributed by atoms with Gasteiger partial charge < -0.3 is 14.4 Å². The number of furan rings is 1. The number of aromatic nitrogens is 2. The molecule has 0 amide bonds. The van der Waals surface area contributed by atoms with Crippen molar-refractivity contribution in [1.82, 2.24) is 9.97 Å². The number of hydrogen-bond donors (Lipinski definition) is 0. The third-order valence-corrected chi connectivity index (χ3v) is 9.60. The third-order valence-electron chi connectivity index (χ3n) is 7.58. The van der Waals surface area contributed by atoms with Crippen LogP contribution in [-0.2, 0) is 20.1 Å². The van der Waals surface area contributed by atoms with Crippen molar-refractivity contribution in [3.05, 3.63) is 139 Å². The first kappa shape index (κ1) is 31.3. The SMILES string of the molecule is Cc1cc[c-]c(-c2ccc([Si](C)(C)C)cn2)c1.Cc1ccnc(-c2[c-]ccc3c2oc2cccc(-c4ccccc4)c23)c1.[Ir]. The quantitative estimate of drug-likeness (QED) is 0.132. The Bertz CT molecular complexity index is 2030. The number of hydrogen-bond acceptors (Lipinski definition) is 3. The minimum absolute atomic E-state index is 0. The smallest absolute Gasteiger partial charge is 0.121 e. The monoisotopic (exact) mass is 767 g/mol. The number of aryl methyl sites for hydroxylation is 2. The van der Waals surface area contributed by atoms with Crippen molar-refractivity contribution in [2.24, 2.45) is 0 Å². The first-order valence-electron chi connectivity index (χ1n) is 14.6. The first-order chi connectivity index (χ1) is 20.8. The van der Waals surface area contributed by atoms with Crippen molar-refractivity contribution >= 4 is 35.2 Å². The van der Waals surface area contributed by atoms with Crippen LogP contribution in [0.4, 0.5) is 0 Å². The van der Waals surface area contributed by atoms with Gasteiger partial charge in [-0.05, 0) is 46.8 Å². The van der Waals surface area contributed by atoms with Gasteiger partial charge in [0.2, 0.25) is 0 Å². The van der Waals surface area contributed by atoms with Gasteiger partial charge in [-0.3, -0.25) is 0 Å². The molecule has 0 saturated heterocycles. The fourth-order valence-electron chi connectivity index (χ4n) is 5.24. The molecule has 3 aromatic heterocycles. The van der Waals surface area contributed by atoms with Crippen LogP contribution in [0.15, 0.2) is 120 Å². The Kier molecular flexibility index (Phi) is 9.41. The van der Waals surface area contributed by atoms with Crippen LogP contribution in [0.3, 0.4) is 0 Å². The maximum atomic E-state index is 6.27. The molecule has 44 heavy (non-hydrogen) atoms. The normalized spacial score (nSPS) is 11.1. The maximum Gasteiger partial charge on any atom is 0.121 e. The molecule has 3 nitrogen and oxygen atoms in total. The zero-order valence-corrected chi connectivity index (χ0v) is 29.0. The molecule has 0 aliphatic rings. The molecule has 0 saturated carbocycles. The summed E-state index contributed by atoms with van der Waals surface area (Å²) < 4.78 is 6.27. The Morgan fingerprint density at radius 2 is 1.48 bits per heavy atom. The van der Waals surface area contributed by atoms with Crippen molar-refractivity contribution < 1.29 is 24.5 Å². The van der Waals surface area contributed by atoms with E-state index in [-0.39, 0.29) is 20.1 Å². The minimum Gasteiger partial charge on any atom is -0.501 e. The molecule has 0 N–H and O–H groups in total. The predicted octanol–water partition coefficient (Wildman–Crippen LogP) is 9.82. The van der Waals surface area contributed by atoms with Gasteiger partial charge in [0.1, 0.15) is 5.58 Å². The summed E-state index contributed by atoms with van der Waals surface area (Å²) in [7, 11) is -1.24. The standard InChI is InChI=1S/C24H16NO.C15H18NSi.Ir/c1-16-13-14-25-21(15-16)19-10-5-11-20-23-18(17-7-3-2-4-8-17)9-6-12-22(23)26-24(19)20;1-12-6-5-7-13(10-12)15-9-8-14(11-16-15)17(2,3)4;/h2-9,11-15H,1H3;5-6,8-11H,1-4H3;/q2*-1;. The zero-order valence-electron chi connectivity index (χ0n) is 25.6. The van der Waals surface area contributed by atoms with Crippen molar-refractivity contribution in [1.29, 1.82) is 0 Å². The van der Waals surface area contributed by atoms with Crippen LogP contribution in [-0.4, -0.2) is 18.0 Å². The molecule has 7 aromatic rings. The van der Waals surface area contributed by atoms with E-state index in [2.05, 4.69) is 122 Å². The molecule has 4 aromatic carbocycles. The van der Waals surface area contributed by atoms with Gasteiger partial charge in [-0.1, -0.05) is 104 Å². The molecule has 0 fully saturated rings. The number of rotatable bonds is 4. The Labute approximate surface area is 274 Å². The number of fused-ring (bicyclic) bond motifs is 3. The fraction of sp³-hybridized carbons (Fsp3) is 0.128. The summed E-state index contributed by atoms with van der Waals surface area (Å²) in [5, 5.41) is 3.63. The second-order valence-electron chi connectivity index (χ2n) is 11.9. The van der Waals surface area contributed by atoms with E-state index in [0.717, 1.165) is 44.5 Å². The molecule has 0 unspecified atom stereocenters. The van der Waals surface area contributed by atoms with Gasteiger partial charge in [0, 0.05) is 37.9 Å². The molecule has 221 valence electrons. The van der Waals surface area contributed by atoms with Crippen LogP contribution in [0.1, 0.15) is 11.1 Å². The molecule has 5 heteroatoms. The Hall–Kier alpha value is -4.15. The van der Waals surface area contributed by atoms with Crippen LogP contribution in [0.2, 0.25) is 19.6 Å². The van der Waals surface area contributed by atoms with Crippen molar-refractivity contribution in [3.8, 4) is 33.6 Å². The van der Waals surface area contributed by atoms with E-state index < -0.39 is 8.07 Å². The number of benzene rings is 4. The zero-order chi connectivity index (χ0) is 30.0. The topological polar surface area (TPSA) is 38.9 Å². The van der Waals surface area contributed by atoms with Gasteiger partial charge in [0.25, 0.3) is 0 Å². The molecule has 0 atom stereocenters. The number of pyridine rings is 2. The Morgan fingerprint density at radius 3 is 2.18 bits per heavy atom. The van der Waals surface area contributed by atoms with Crippen molar-refractivity contribution in [2.45, 2.75) is 33.5 Å². The van der Waals surface area contributed by atoms with Crippen LogP contribution < -0.4 is 5.19 Å². The van der Waals surface area contributed by atoms with Gasteiger partial charge in [-0.15, -0.1) is 53.6 Å². The fourth-order valence-corrected chi connectivity index (χ4v) is 6.27. The van der Waals surface area contributed by atoms with E-state index in [1.807, 2.05) is 48.8 Å². The molecule has 0 spiro atoms. The van der Waals surface area contributed by atoms with Crippen LogP contribution >= 0.6 is 0 Å². The van der Waals surface area contributed by atoms with E-state index in [1.54, 1.807) is 0 Å². The predicted molar refractivity (Wildman–Crippen MR) is 182 cm³/mol. The van der Waals surface area contributed by atoms with Crippen LogP contribution in [0.25, 0.3) is 55.6 Å². The first-order valence-corrected chi connectivity index (χ1v) is 18.1. The Balaban J connectivity index is 0.000000187. The molecule has 0 aliphatic heterocycles. The van der Waals surface area contributed by atoms with Gasteiger partial charge in [-0.2, -0.15) is 0 Å². The van der Waals surface area contributed by atoms with Crippen molar-refractivity contribution in [3.63, 3.8) is 0 Å². The van der Waals surface area contributed by atoms with E-state index >= 15 is 0 Å². The summed E-state index contributed by atoms with van der Waals surface area (Å²) in [6.45, 7) is 11.2. The number of nitrogens with zero attached hydrogens (tertiary/aromatic N) is 2. The van der Waals surface area contributed by atoms with Crippen LogP contribution in [0, 0.1) is 26.0 Å². The summed E-state index contributed by atoms with van der Waals surface area (Å²) in [5.74, 6) is 0. The molecule has 1 radical (unpaired) electrons. The maximum absolute atomic E-state index is 6.27. The van der Waals surface area contributed by atoms with Gasteiger partial charge in [-0.25, -0.2) is 0 Å². The van der Waals surface area contributed by atoms with E-state index in [9.17, 15) is 0 Å². The summed E-state index contributed by atoms with van der Waals surface area (Å²) in [4.78, 5) is 9.08. The minimum atomic E-state index is -1.24. The van der Waals surface area contributed by atoms with Gasteiger partial charge >= 0.3 is 0 Å². The summed E-state index contributed by atoms with van der Waals surface area (Å²) in [6, 6.07) is 41.7. The summed E-state index contributed by atoms with van der Waals surface area (Å²) >= 11 is 0. The second kappa shape index (κ2) is 13.2. The summed E-state index contributed by atoms with van der Waals surface area (Å²) in [5.41, 5.74) is 10.4. The molecule has 3 heterocycles. The average Bonchev–Trinajstić information content (AvgIpc) is 3.41. The second-order valence-corrected chi connectivity index (χ2v) is 17.0.